The van der Waals surface area contributed by atoms with Crippen molar-refractivity contribution >= 4 is 5.91 Å². The zero-order valence-corrected chi connectivity index (χ0v) is 15.1. The molecule has 2 aromatic carbocycles. The van der Waals surface area contributed by atoms with E-state index in [1.54, 1.807) is 18.0 Å². The molecule has 1 heterocycles. The molecule has 0 aliphatic carbocycles. The second kappa shape index (κ2) is 7.82. The lowest BCUT2D eigenvalue weighted by Gasteiger charge is -2.13. The Morgan fingerprint density at radius 2 is 1.85 bits per heavy atom. The van der Waals surface area contributed by atoms with Gasteiger partial charge < -0.3 is 10.1 Å². The van der Waals surface area contributed by atoms with Gasteiger partial charge in [0.25, 0.3) is 5.91 Å². The van der Waals surface area contributed by atoms with Crippen LogP contribution in [0.3, 0.4) is 0 Å². The van der Waals surface area contributed by atoms with E-state index in [1.165, 1.54) is 5.56 Å². The van der Waals surface area contributed by atoms with Gasteiger partial charge in [-0.2, -0.15) is 0 Å². The van der Waals surface area contributed by atoms with Crippen molar-refractivity contribution in [2.45, 2.75) is 26.3 Å². The molecule has 0 aliphatic rings. The van der Waals surface area contributed by atoms with Crippen molar-refractivity contribution in [1.29, 1.82) is 0 Å². The van der Waals surface area contributed by atoms with E-state index in [0.717, 1.165) is 23.4 Å². The first-order chi connectivity index (χ1) is 12.6. The molecule has 1 atom stereocenters. The number of benzene rings is 2. The van der Waals surface area contributed by atoms with Crippen LogP contribution >= 0.6 is 0 Å². The number of carbonyl (C=O) groups excluding carboxylic acids is 1. The third kappa shape index (κ3) is 3.91. The summed E-state index contributed by atoms with van der Waals surface area (Å²) in [6.45, 7) is 4.03. The molecule has 3 rings (SSSR count). The summed E-state index contributed by atoms with van der Waals surface area (Å²) in [6, 6.07) is 15.5. The van der Waals surface area contributed by atoms with Crippen molar-refractivity contribution in [1.82, 2.24) is 20.3 Å². The number of aromatic nitrogens is 3. The minimum absolute atomic E-state index is 0.151. The van der Waals surface area contributed by atoms with Crippen LogP contribution in [0.1, 0.15) is 41.5 Å². The minimum atomic E-state index is -0.259. The Morgan fingerprint density at radius 3 is 2.46 bits per heavy atom. The summed E-state index contributed by atoms with van der Waals surface area (Å²) in [6.07, 6.45) is 2.62. The molecule has 1 N–H and O–H groups in total. The normalized spacial score (nSPS) is 11.8. The van der Waals surface area contributed by atoms with E-state index in [0.29, 0.717) is 0 Å². The number of hydrogen-bond acceptors (Lipinski definition) is 4. The number of nitrogens with zero attached hydrogens (tertiary/aromatic N) is 3. The second-order valence-electron chi connectivity index (χ2n) is 6.04. The van der Waals surface area contributed by atoms with Crippen molar-refractivity contribution in [2.75, 3.05) is 7.11 Å². The van der Waals surface area contributed by atoms with E-state index in [4.69, 9.17) is 4.74 Å². The summed E-state index contributed by atoms with van der Waals surface area (Å²) in [5, 5.41) is 11.0. The van der Waals surface area contributed by atoms with Crippen LogP contribution in [0.5, 0.6) is 5.75 Å². The molecule has 134 valence electrons. The highest BCUT2D eigenvalue weighted by Gasteiger charge is 2.15. The Hall–Kier alpha value is -3.15. The first-order valence-corrected chi connectivity index (χ1v) is 8.57. The highest BCUT2D eigenvalue weighted by molar-refractivity contribution is 5.92. The summed E-state index contributed by atoms with van der Waals surface area (Å²) in [5.41, 5.74) is 3.39. The van der Waals surface area contributed by atoms with E-state index in [-0.39, 0.29) is 17.6 Å². The van der Waals surface area contributed by atoms with Gasteiger partial charge in [0.2, 0.25) is 0 Å². The van der Waals surface area contributed by atoms with Crippen LogP contribution < -0.4 is 10.1 Å². The molecule has 1 aromatic heterocycles. The van der Waals surface area contributed by atoms with E-state index in [1.807, 2.05) is 55.5 Å². The Bertz CT molecular complexity index is 870. The van der Waals surface area contributed by atoms with Crippen LogP contribution in [0.4, 0.5) is 0 Å². The average molecular weight is 350 g/mol. The lowest BCUT2D eigenvalue weighted by Crippen LogP contribution is -2.26. The van der Waals surface area contributed by atoms with Gasteiger partial charge in [-0.05, 0) is 48.7 Å². The predicted molar refractivity (Wildman–Crippen MR) is 99.6 cm³/mol. The molecule has 0 saturated heterocycles. The third-order valence-electron chi connectivity index (χ3n) is 4.30. The Kier molecular flexibility index (Phi) is 5.31. The summed E-state index contributed by atoms with van der Waals surface area (Å²) in [7, 11) is 1.62. The second-order valence-corrected chi connectivity index (χ2v) is 6.04. The van der Waals surface area contributed by atoms with Gasteiger partial charge in [-0.15, -0.1) is 5.10 Å². The van der Waals surface area contributed by atoms with Crippen molar-refractivity contribution in [2.24, 2.45) is 0 Å². The number of nitrogens with one attached hydrogen (secondary N) is 1. The van der Waals surface area contributed by atoms with Crippen LogP contribution in [0.25, 0.3) is 5.69 Å². The Labute approximate surface area is 152 Å². The maximum atomic E-state index is 12.4. The molecule has 0 aliphatic heterocycles. The molecule has 0 fully saturated rings. The first-order valence-electron chi connectivity index (χ1n) is 8.57. The van der Waals surface area contributed by atoms with Crippen LogP contribution in [-0.4, -0.2) is 28.0 Å². The zero-order valence-electron chi connectivity index (χ0n) is 15.1. The summed E-state index contributed by atoms with van der Waals surface area (Å²) in [5.74, 6) is 0.522. The fraction of sp³-hybridized carbons (Fsp3) is 0.250. The highest BCUT2D eigenvalue weighted by Crippen LogP contribution is 2.17. The van der Waals surface area contributed by atoms with E-state index >= 15 is 0 Å². The van der Waals surface area contributed by atoms with Crippen molar-refractivity contribution in [3.63, 3.8) is 0 Å². The van der Waals surface area contributed by atoms with Crippen LogP contribution in [-0.2, 0) is 6.42 Å². The van der Waals surface area contributed by atoms with Gasteiger partial charge in [-0.3, -0.25) is 4.79 Å². The van der Waals surface area contributed by atoms with Gasteiger partial charge in [-0.1, -0.05) is 36.4 Å². The molecule has 0 saturated carbocycles. The molecular weight excluding hydrogens is 328 g/mol. The van der Waals surface area contributed by atoms with Crippen LogP contribution in [0.15, 0.2) is 54.7 Å². The monoisotopic (exact) mass is 350 g/mol. The van der Waals surface area contributed by atoms with Gasteiger partial charge in [0, 0.05) is 0 Å². The smallest absolute Gasteiger partial charge is 0.273 e. The fourth-order valence-electron chi connectivity index (χ4n) is 2.62. The zero-order chi connectivity index (χ0) is 18.5. The van der Waals surface area contributed by atoms with Gasteiger partial charge in [0.1, 0.15) is 5.75 Å². The maximum Gasteiger partial charge on any atom is 0.273 e. The SMILES string of the molecule is CCc1ccc(-n2cc(C(=O)NC(C)c3ccc(OC)cc3)nn2)cc1. The molecule has 1 unspecified atom stereocenters. The fourth-order valence-corrected chi connectivity index (χ4v) is 2.62. The number of aryl methyl sites for hydroxylation is 1. The number of hydrogen-bond donors (Lipinski definition) is 1. The number of carbonyl (C=O) groups is 1. The third-order valence-corrected chi connectivity index (χ3v) is 4.30. The van der Waals surface area contributed by atoms with Gasteiger partial charge in [0.15, 0.2) is 5.69 Å². The van der Waals surface area contributed by atoms with Gasteiger partial charge in [0.05, 0.1) is 25.0 Å². The van der Waals surface area contributed by atoms with E-state index in [9.17, 15) is 4.79 Å². The standard InChI is InChI=1S/C20H22N4O2/c1-4-15-5-9-17(10-6-15)24-13-19(22-23-24)20(25)21-14(2)16-7-11-18(26-3)12-8-16/h5-14H,4H2,1-3H3,(H,21,25). The highest BCUT2D eigenvalue weighted by atomic mass is 16.5. The molecule has 6 nitrogen and oxygen atoms in total. The molecule has 0 spiro atoms. The number of ether oxygens (including phenoxy) is 1. The average Bonchev–Trinajstić information content (AvgIpc) is 3.18. The molecular formula is C20H22N4O2. The van der Waals surface area contributed by atoms with E-state index in [2.05, 4.69) is 22.6 Å². The summed E-state index contributed by atoms with van der Waals surface area (Å²) in [4.78, 5) is 12.4. The molecule has 6 heteroatoms. The van der Waals surface area contributed by atoms with Crippen LogP contribution in [0.2, 0.25) is 0 Å². The van der Waals surface area contributed by atoms with Gasteiger partial charge in [-0.25, -0.2) is 4.68 Å². The topological polar surface area (TPSA) is 69.0 Å². The summed E-state index contributed by atoms with van der Waals surface area (Å²) >= 11 is 0. The minimum Gasteiger partial charge on any atom is -0.497 e. The number of amides is 1. The molecule has 1 amide bonds. The lowest BCUT2D eigenvalue weighted by molar-refractivity contribution is 0.0935. The number of methoxy groups -OCH3 is 1. The Balaban J connectivity index is 1.68. The van der Waals surface area contributed by atoms with Crippen molar-refractivity contribution in [3.05, 3.63) is 71.5 Å². The molecule has 0 radical (unpaired) electrons. The largest absolute Gasteiger partial charge is 0.497 e. The Morgan fingerprint density at radius 1 is 1.15 bits per heavy atom. The molecule has 0 bridgehead atoms. The molecule has 26 heavy (non-hydrogen) atoms. The predicted octanol–water partition coefficient (Wildman–Crippen LogP) is 3.33. The van der Waals surface area contributed by atoms with Crippen molar-refractivity contribution in [3.8, 4) is 11.4 Å². The number of rotatable bonds is 6. The molecule has 3 aromatic rings. The first kappa shape index (κ1) is 17.7. The van der Waals surface area contributed by atoms with Crippen LogP contribution in [0, 0.1) is 0 Å². The quantitative estimate of drug-likeness (QED) is 0.740. The van der Waals surface area contributed by atoms with E-state index < -0.39 is 0 Å². The lowest BCUT2D eigenvalue weighted by atomic mass is 10.1. The summed E-state index contributed by atoms with van der Waals surface area (Å²) < 4.78 is 6.75. The van der Waals surface area contributed by atoms with Crippen molar-refractivity contribution < 1.29 is 9.53 Å². The maximum absolute atomic E-state index is 12.4. The van der Waals surface area contributed by atoms with Gasteiger partial charge >= 0.3 is 0 Å².